The molecule has 0 aliphatic rings. The minimum atomic E-state index is -0.678. The van der Waals surface area contributed by atoms with Gasteiger partial charge in [-0.25, -0.2) is 0 Å². The molecule has 0 aromatic carbocycles. The van der Waals surface area contributed by atoms with E-state index < -0.39 is 10.7 Å². The fourth-order valence-electron chi connectivity index (χ4n) is 0.813. The van der Waals surface area contributed by atoms with Gasteiger partial charge in [-0.1, -0.05) is 5.16 Å². The molecular weight excluding hydrogens is 164 g/mol. The third-order valence-corrected chi connectivity index (χ3v) is 1.35. The molecule has 0 aliphatic carbocycles. The van der Waals surface area contributed by atoms with Gasteiger partial charge in [0.05, 0.1) is 4.92 Å². The van der Waals surface area contributed by atoms with Crippen molar-refractivity contribution in [1.82, 2.24) is 5.16 Å². The van der Waals surface area contributed by atoms with E-state index in [9.17, 15) is 14.9 Å². The molecule has 0 saturated heterocycles. The smallest absolute Gasteiger partial charge is 0.342 e. The van der Waals surface area contributed by atoms with E-state index in [-0.39, 0.29) is 17.1 Å². The van der Waals surface area contributed by atoms with E-state index in [0.717, 1.165) is 0 Å². The highest BCUT2D eigenvalue weighted by molar-refractivity contribution is 5.96. The first-order valence-electron chi connectivity index (χ1n) is 3.15. The first-order valence-corrected chi connectivity index (χ1v) is 3.15. The van der Waals surface area contributed by atoms with Crippen molar-refractivity contribution in [2.75, 3.05) is 0 Å². The van der Waals surface area contributed by atoms with Crippen LogP contribution in [-0.4, -0.2) is 15.9 Å². The Hall–Kier alpha value is -1.72. The van der Waals surface area contributed by atoms with Crippen molar-refractivity contribution in [2.45, 2.75) is 13.8 Å². The number of hydrogen-bond donors (Lipinski definition) is 0. The summed E-state index contributed by atoms with van der Waals surface area (Å²) in [7, 11) is 0. The van der Waals surface area contributed by atoms with Crippen LogP contribution >= 0.6 is 0 Å². The first kappa shape index (κ1) is 8.38. The molecule has 0 N–H and O–H groups in total. The van der Waals surface area contributed by atoms with Gasteiger partial charge < -0.3 is 4.52 Å². The topological polar surface area (TPSA) is 86.2 Å². The van der Waals surface area contributed by atoms with Crippen LogP contribution in [-0.2, 0) is 0 Å². The highest BCUT2D eigenvalue weighted by atomic mass is 16.6. The minimum Gasteiger partial charge on any atom is -0.353 e. The van der Waals surface area contributed by atoms with Crippen molar-refractivity contribution < 1.29 is 14.2 Å². The zero-order valence-electron chi connectivity index (χ0n) is 6.53. The summed E-state index contributed by atoms with van der Waals surface area (Å²) in [5.74, 6) is -0.427. The van der Waals surface area contributed by atoms with Gasteiger partial charge in [-0.2, -0.15) is 0 Å². The first-order chi connectivity index (χ1) is 5.54. The number of aryl methyl sites for hydroxylation is 1. The quantitative estimate of drug-likeness (QED) is 0.376. The summed E-state index contributed by atoms with van der Waals surface area (Å²) < 4.78 is 4.51. The molecule has 1 aromatic rings. The highest BCUT2D eigenvalue weighted by Gasteiger charge is 2.26. The van der Waals surface area contributed by atoms with Crippen LogP contribution in [0, 0.1) is 17.0 Å². The van der Waals surface area contributed by atoms with Gasteiger partial charge in [0.1, 0.15) is 0 Å². The number of nitrogens with zero attached hydrogens (tertiary/aromatic N) is 2. The Morgan fingerprint density at radius 3 is 2.58 bits per heavy atom. The number of ketones is 1. The van der Waals surface area contributed by atoms with Gasteiger partial charge in [0.25, 0.3) is 0 Å². The van der Waals surface area contributed by atoms with E-state index in [1.54, 1.807) is 0 Å². The zero-order valence-corrected chi connectivity index (χ0v) is 6.53. The Labute approximate surface area is 67.3 Å². The van der Waals surface area contributed by atoms with Crippen molar-refractivity contribution in [3.05, 3.63) is 21.6 Å². The van der Waals surface area contributed by atoms with Crippen LogP contribution in [0.4, 0.5) is 5.69 Å². The molecular formula is C6H6N2O4. The van der Waals surface area contributed by atoms with Gasteiger partial charge in [-0.3, -0.25) is 14.9 Å². The molecule has 0 saturated carbocycles. The van der Waals surface area contributed by atoms with Crippen molar-refractivity contribution in [1.29, 1.82) is 0 Å². The minimum absolute atomic E-state index is 0.0465. The van der Waals surface area contributed by atoms with Crippen LogP contribution in [0.5, 0.6) is 0 Å². The average molecular weight is 170 g/mol. The number of rotatable bonds is 2. The van der Waals surface area contributed by atoms with Crippen molar-refractivity contribution >= 4 is 11.5 Å². The van der Waals surface area contributed by atoms with Crippen molar-refractivity contribution in [2.24, 2.45) is 0 Å². The van der Waals surface area contributed by atoms with Gasteiger partial charge in [0.15, 0.2) is 5.78 Å². The van der Waals surface area contributed by atoms with E-state index >= 15 is 0 Å². The lowest BCUT2D eigenvalue weighted by Crippen LogP contribution is -1.98. The number of carbonyl (C=O) groups excluding carboxylic acids is 1. The van der Waals surface area contributed by atoms with Gasteiger partial charge in [-0.15, -0.1) is 0 Å². The maximum Gasteiger partial charge on any atom is 0.342 e. The number of Topliss-reactive ketones (excluding diaryl/α,β-unsaturated/α-hetero) is 1. The predicted octanol–water partition coefficient (Wildman–Crippen LogP) is 1.09. The van der Waals surface area contributed by atoms with Crippen LogP contribution in [0.15, 0.2) is 4.52 Å². The Bertz CT molecular complexity index is 341. The van der Waals surface area contributed by atoms with Gasteiger partial charge in [0.2, 0.25) is 11.5 Å². The molecule has 1 heterocycles. The van der Waals surface area contributed by atoms with Gasteiger partial charge >= 0.3 is 5.69 Å². The highest BCUT2D eigenvalue weighted by Crippen LogP contribution is 2.22. The molecule has 12 heavy (non-hydrogen) atoms. The summed E-state index contributed by atoms with van der Waals surface area (Å²) in [5.41, 5.74) is -0.569. The standard InChI is InChI=1S/C6H6N2O4/c1-3(9)5-6(8(10)11)4(2)12-7-5/h1-2H3. The average Bonchev–Trinajstić information content (AvgIpc) is 2.30. The molecule has 0 bridgehead atoms. The number of aromatic nitrogens is 1. The second-order valence-corrected chi connectivity index (χ2v) is 2.25. The molecule has 0 aliphatic heterocycles. The maximum absolute atomic E-state index is 10.8. The van der Waals surface area contributed by atoms with Gasteiger partial charge in [0, 0.05) is 13.8 Å². The monoisotopic (exact) mass is 170 g/mol. The van der Waals surface area contributed by atoms with E-state index in [0.29, 0.717) is 0 Å². The molecule has 0 radical (unpaired) electrons. The molecule has 0 atom stereocenters. The normalized spacial score (nSPS) is 9.83. The van der Waals surface area contributed by atoms with Crippen LogP contribution in [0.1, 0.15) is 23.2 Å². The molecule has 64 valence electrons. The molecule has 1 rings (SSSR count). The second kappa shape index (κ2) is 2.72. The molecule has 1 aromatic heterocycles. The van der Waals surface area contributed by atoms with E-state index in [4.69, 9.17) is 0 Å². The predicted molar refractivity (Wildman–Crippen MR) is 37.9 cm³/mol. The summed E-state index contributed by atoms with van der Waals surface area (Å²) in [6.45, 7) is 2.59. The Morgan fingerprint density at radius 1 is 1.67 bits per heavy atom. The molecule has 6 heteroatoms. The summed E-state index contributed by atoms with van der Waals surface area (Å²) in [5, 5.41) is 13.6. The second-order valence-electron chi connectivity index (χ2n) is 2.25. The zero-order chi connectivity index (χ0) is 9.30. The number of carbonyl (C=O) groups is 1. The van der Waals surface area contributed by atoms with E-state index in [1.165, 1.54) is 13.8 Å². The molecule has 0 amide bonds. The SMILES string of the molecule is CC(=O)c1noc(C)c1[N+](=O)[O-]. The molecule has 0 unspecified atom stereocenters. The largest absolute Gasteiger partial charge is 0.353 e. The van der Waals surface area contributed by atoms with Crippen molar-refractivity contribution in [3.63, 3.8) is 0 Å². The van der Waals surface area contributed by atoms with Crippen LogP contribution in [0.2, 0.25) is 0 Å². The molecule has 0 fully saturated rings. The Morgan fingerprint density at radius 2 is 2.25 bits per heavy atom. The van der Waals surface area contributed by atoms with Crippen LogP contribution in [0.3, 0.4) is 0 Å². The third kappa shape index (κ3) is 1.18. The lowest BCUT2D eigenvalue weighted by molar-refractivity contribution is -0.386. The summed E-state index contributed by atoms with van der Waals surface area (Å²) in [6, 6.07) is 0. The fraction of sp³-hybridized carbons (Fsp3) is 0.333. The third-order valence-electron chi connectivity index (χ3n) is 1.35. The Kier molecular flexibility index (Phi) is 1.90. The molecule has 0 spiro atoms. The lowest BCUT2D eigenvalue weighted by Gasteiger charge is -1.86. The van der Waals surface area contributed by atoms with Crippen LogP contribution < -0.4 is 0 Å². The maximum atomic E-state index is 10.8. The number of nitro groups is 1. The Balaban J connectivity index is 3.31. The summed E-state index contributed by atoms with van der Waals surface area (Å²) in [6.07, 6.45) is 0. The summed E-state index contributed by atoms with van der Waals surface area (Å²) in [4.78, 5) is 20.4. The number of hydrogen-bond acceptors (Lipinski definition) is 5. The van der Waals surface area contributed by atoms with E-state index in [2.05, 4.69) is 9.68 Å². The van der Waals surface area contributed by atoms with E-state index in [1.807, 2.05) is 0 Å². The fourth-order valence-corrected chi connectivity index (χ4v) is 0.813. The lowest BCUT2D eigenvalue weighted by atomic mass is 10.2. The van der Waals surface area contributed by atoms with Gasteiger partial charge in [-0.05, 0) is 0 Å². The van der Waals surface area contributed by atoms with Crippen LogP contribution in [0.25, 0.3) is 0 Å². The summed E-state index contributed by atoms with van der Waals surface area (Å²) >= 11 is 0. The molecule has 6 nitrogen and oxygen atoms in total. The van der Waals surface area contributed by atoms with Crippen molar-refractivity contribution in [3.8, 4) is 0 Å².